The van der Waals surface area contributed by atoms with Crippen molar-refractivity contribution in [1.29, 1.82) is 0 Å². The molecule has 0 aromatic heterocycles. The second-order valence-electron chi connectivity index (χ2n) is 7.66. The lowest BCUT2D eigenvalue weighted by molar-refractivity contribution is 0.00194. The zero-order chi connectivity index (χ0) is 13.9. The summed E-state index contributed by atoms with van der Waals surface area (Å²) < 4.78 is 0. The predicted octanol–water partition coefficient (Wildman–Crippen LogP) is 3.83. The standard InChI is InChI=1S/C17H33NO/c1-4-6-14-7-8-16(19)15(13-14)18-11-5-9-17(2,3)10-12-18/h14-16,19H,4-13H2,1-3H3. The first-order valence-corrected chi connectivity index (χ1v) is 8.44. The highest BCUT2D eigenvalue weighted by molar-refractivity contribution is 4.89. The molecule has 1 aliphatic carbocycles. The Morgan fingerprint density at radius 1 is 1.16 bits per heavy atom. The molecule has 19 heavy (non-hydrogen) atoms. The van der Waals surface area contributed by atoms with Gasteiger partial charge in [0, 0.05) is 6.04 Å². The smallest absolute Gasteiger partial charge is 0.0695 e. The van der Waals surface area contributed by atoms with Crippen LogP contribution >= 0.6 is 0 Å². The van der Waals surface area contributed by atoms with Crippen LogP contribution in [0, 0.1) is 11.3 Å². The van der Waals surface area contributed by atoms with E-state index in [1.54, 1.807) is 0 Å². The Kier molecular flexibility index (Phi) is 5.30. The highest BCUT2D eigenvalue weighted by Gasteiger charge is 2.34. The van der Waals surface area contributed by atoms with Gasteiger partial charge in [0.25, 0.3) is 0 Å². The minimum Gasteiger partial charge on any atom is -0.391 e. The highest BCUT2D eigenvalue weighted by Crippen LogP contribution is 2.35. The first kappa shape index (κ1) is 15.3. The Bertz CT molecular complexity index is 276. The van der Waals surface area contributed by atoms with Gasteiger partial charge < -0.3 is 5.11 Å². The fourth-order valence-corrected chi connectivity index (χ4v) is 4.05. The van der Waals surface area contributed by atoms with Crippen LogP contribution in [0.1, 0.15) is 72.1 Å². The van der Waals surface area contributed by atoms with Gasteiger partial charge in [0.2, 0.25) is 0 Å². The van der Waals surface area contributed by atoms with Gasteiger partial charge in [-0.15, -0.1) is 0 Å². The lowest BCUT2D eigenvalue weighted by Crippen LogP contribution is -2.47. The van der Waals surface area contributed by atoms with Crippen molar-refractivity contribution in [2.45, 2.75) is 84.3 Å². The lowest BCUT2D eigenvalue weighted by Gasteiger charge is -2.40. The van der Waals surface area contributed by atoms with Crippen molar-refractivity contribution < 1.29 is 5.11 Å². The number of nitrogens with zero attached hydrogens (tertiary/aromatic N) is 1. The monoisotopic (exact) mass is 267 g/mol. The Labute approximate surface area is 119 Å². The van der Waals surface area contributed by atoms with Gasteiger partial charge in [-0.3, -0.25) is 4.90 Å². The van der Waals surface area contributed by atoms with Crippen LogP contribution in [0.2, 0.25) is 0 Å². The molecule has 1 heterocycles. The highest BCUT2D eigenvalue weighted by atomic mass is 16.3. The van der Waals surface area contributed by atoms with Crippen molar-refractivity contribution >= 4 is 0 Å². The molecule has 1 saturated carbocycles. The molecule has 0 radical (unpaired) electrons. The average Bonchev–Trinajstić information content (AvgIpc) is 2.53. The lowest BCUT2D eigenvalue weighted by atomic mass is 9.80. The summed E-state index contributed by atoms with van der Waals surface area (Å²) in [6.07, 6.45) is 9.99. The summed E-state index contributed by atoms with van der Waals surface area (Å²) in [6, 6.07) is 0.444. The Hall–Kier alpha value is -0.0800. The Balaban J connectivity index is 1.94. The van der Waals surface area contributed by atoms with Gasteiger partial charge in [-0.2, -0.15) is 0 Å². The van der Waals surface area contributed by atoms with E-state index in [-0.39, 0.29) is 6.10 Å². The maximum absolute atomic E-state index is 10.4. The maximum atomic E-state index is 10.4. The molecule has 2 heteroatoms. The van der Waals surface area contributed by atoms with E-state index in [1.165, 1.54) is 58.0 Å². The number of hydrogen-bond donors (Lipinski definition) is 1. The van der Waals surface area contributed by atoms with Crippen LogP contribution in [0.4, 0.5) is 0 Å². The van der Waals surface area contributed by atoms with Gasteiger partial charge in [0.05, 0.1) is 6.10 Å². The van der Waals surface area contributed by atoms with E-state index in [1.807, 2.05) is 0 Å². The molecule has 1 N–H and O–H groups in total. The van der Waals surface area contributed by atoms with Crippen molar-refractivity contribution in [2.75, 3.05) is 13.1 Å². The van der Waals surface area contributed by atoms with E-state index in [2.05, 4.69) is 25.7 Å². The molecule has 0 spiro atoms. The van der Waals surface area contributed by atoms with Gasteiger partial charge in [-0.1, -0.05) is 33.6 Å². The average molecular weight is 267 g/mol. The van der Waals surface area contributed by atoms with Crippen LogP contribution in [0.5, 0.6) is 0 Å². The molecule has 0 aromatic carbocycles. The molecule has 0 amide bonds. The van der Waals surface area contributed by atoms with Crippen molar-refractivity contribution in [3.63, 3.8) is 0 Å². The van der Waals surface area contributed by atoms with Crippen molar-refractivity contribution in [1.82, 2.24) is 4.90 Å². The fourth-order valence-electron chi connectivity index (χ4n) is 4.05. The molecule has 112 valence electrons. The zero-order valence-electron chi connectivity index (χ0n) is 13.2. The van der Waals surface area contributed by atoms with Crippen molar-refractivity contribution in [3.8, 4) is 0 Å². The molecule has 2 aliphatic rings. The normalized spacial score (nSPS) is 36.9. The third-order valence-electron chi connectivity index (χ3n) is 5.43. The van der Waals surface area contributed by atoms with Crippen molar-refractivity contribution in [3.05, 3.63) is 0 Å². The van der Waals surface area contributed by atoms with Crippen LogP contribution in [-0.4, -0.2) is 35.2 Å². The fraction of sp³-hybridized carbons (Fsp3) is 1.00. The Morgan fingerprint density at radius 2 is 1.95 bits per heavy atom. The SMILES string of the molecule is CCCC1CCC(O)C(N2CCCC(C)(C)CC2)C1. The zero-order valence-corrected chi connectivity index (χ0v) is 13.2. The summed E-state index contributed by atoms with van der Waals surface area (Å²) in [5.74, 6) is 0.856. The van der Waals surface area contributed by atoms with Crippen LogP contribution < -0.4 is 0 Å². The molecule has 0 aromatic rings. The number of likely N-dealkylation sites (tertiary alicyclic amines) is 1. The summed E-state index contributed by atoms with van der Waals surface area (Å²) in [5, 5.41) is 10.4. The molecule has 3 atom stereocenters. The second-order valence-corrected chi connectivity index (χ2v) is 7.66. The quantitative estimate of drug-likeness (QED) is 0.840. The number of aliphatic hydroxyl groups excluding tert-OH is 1. The van der Waals surface area contributed by atoms with Crippen LogP contribution in [-0.2, 0) is 0 Å². The van der Waals surface area contributed by atoms with Crippen LogP contribution in [0.3, 0.4) is 0 Å². The first-order valence-electron chi connectivity index (χ1n) is 8.44. The van der Waals surface area contributed by atoms with Crippen LogP contribution in [0.15, 0.2) is 0 Å². The largest absolute Gasteiger partial charge is 0.391 e. The van der Waals surface area contributed by atoms with E-state index in [4.69, 9.17) is 0 Å². The topological polar surface area (TPSA) is 23.5 Å². The second kappa shape index (κ2) is 6.58. The molecular weight excluding hydrogens is 234 g/mol. The van der Waals surface area contributed by atoms with Crippen LogP contribution in [0.25, 0.3) is 0 Å². The van der Waals surface area contributed by atoms with E-state index in [0.29, 0.717) is 11.5 Å². The van der Waals surface area contributed by atoms with Crippen molar-refractivity contribution in [2.24, 2.45) is 11.3 Å². The first-order chi connectivity index (χ1) is 9.02. The van der Waals surface area contributed by atoms with E-state index >= 15 is 0 Å². The molecule has 1 aliphatic heterocycles. The minimum absolute atomic E-state index is 0.0747. The Morgan fingerprint density at radius 3 is 2.68 bits per heavy atom. The summed E-state index contributed by atoms with van der Waals surface area (Å²) >= 11 is 0. The third kappa shape index (κ3) is 4.19. The van der Waals surface area contributed by atoms with Gasteiger partial charge in [0.1, 0.15) is 0 Å². The molecule has 2 fully saturated rings. The third-order valence-corrected chi connectivity index (χ3v) is 5.43. The van der Waals surface area contributed by atoms with Gasteiger partial charge in [0.15, 0.2) is 0 Å². The summed E-state index contributed by atoms with van der Waals surface area (Å²) in [6.45, 7) is 9.47. The van der Waals surface area contributed by atoms with E-state index in [9.17, 15) is 5.11 Å². The predicted molar refractivity (Wildman–Crippen MR) is 81.2 cm³/mol. The number of hydrogen-bond acceptors (Lipinski definition) is 2. The summed E-state index contributed by atoms with van der Waals surface area (Å²) in [7, 11) is 0. The molecule has 2 rings (SSSR count). The van der Waals surface area contributed by atoms with Gasteiger partial charge in [-0.25, -0.2) is 0 Å². The van der Waals surface area contributed by atoms with E-state index < -0.39 is 0 Å². The van der Waals surface area contributed by atoms with Gasteiger partial charge >= 0.3 is 0 Å². The molecule has 2 nitrogen and oxygen atoms in total. The number of aliphatic hydroxyl groups is 1. The number of rotatable bonds is 3. The molecule has 1 saturated heterocycles. The van der Waals surface area contributed by atoms with E-state index in [0.717, 1.165) is 12.3 Å². The summed E-state index contributed by atoms with van der Waals surface area (Å²) in [4.78, 5) is 2.61. The molecular formula is C17H33NO. The maximum Gasteiger partial charge on any atom is 0.0695 e. The minimum atomic E-state index is -0.0747. The summed E-state index contributed by atoms with van der Waals surface area (Å²) in [5.41, 5.74) is 0.497. The molecule has 3 unspecified atom stereocenters. The van der Waals surface area contributed by atoms with Gasteiger partial charge in [-0.05, 0) is 62.9 Å². The molecule has 0 bridgehead atoms.